The highest BCUT2D eigenvalue weighted by molar-refractivity contribution is 5.16. The first-order valence-corrected chi connectivity index (χ1v) is 15.1. The molecule has 43 heavy (non-hydrogen) atoms. The predicted octanol–water partition coefficient (Wildman–Crippen LogP) is 6.50. The summed E-state index contributed by atoms with van der Waals surface area (Å²) in [5, 5.41) is 9.73. The highest BCUT2D eigenvalue weighted by atomic mass is 16.6. The Morgan fingerprint density at radius 2 is 0.884 bits per heavy atom. The fourth-order valence-electron chi connectivity index (χ4n) is 5.41. The van der Waals surface area contributed by atoms with Gasteiger partial charge in [0, 0.05) is 6.61 Å². The Bertz CT molecular complexity index is 1290. The molecule has 0 unspecified atom stereocenters. The summed E-state index contributed by atoms with van der Waals surface area (Å²) in [6, 6.07) is 40.5. The maximum absolute atomic E-state index is 9.73. The third-order valence-corrected chi connectivity index (χ3v) is 7.63. The van der Waals surface area contributed by atoms with Crippen molar-refractivity contribution in [2.75, 3.05) is 13.2 Å². The fourth-order valence-corrected chi connectivity index (χ4v) is 5.41. The summed E-state index contributed by atoms with van der Waals surface area (Å²) >= 11 is 0. The smallest absolute Gasteiger partial charge is 0.115 e. The summed E-state index contributed by atoms with van der Waals surface area (Å²) in [5.74, 6) is 0. The molecule has 1 fully saturated rings. The van der Waals surface area contributed by atoms with Gasteiger partial charge >= 0.3 is 0 Å². The molecule has 4 aromatic carbocycles. The lowest BCUT2D eigenvalue weighted by Gasteiger charge is -2.46. The van der Waals surface area contributed by atoms with Crippen LogP contribution in [-0.4, -0.2) is 48.8 Å². The van der Waals surface area contributed by atoms with Crippen LogP contribution in [0.4, 0.5) is 0 Å². The predicted molar refractivity (Wildman–Crippen MR) is 166 cm³/mol. The molecule has 5 rings (SSSR count). The van der Waals surface area contributed by atoms with Gasteiger partial charge in [-0.2, -0.15) is 0 Å². The molecule has 1 saturated heterocycles. The Morgan fingerprint density at radius 1 is 0.488 bits per heavy atom. The third-order valence-electron chi connectivity index (χ3n) is 7.63. The molecule has 0 amide bonds. The Labute approximate surface area is 255 Å². The Balaban J connectivity index is 1.41. The van der Waals surface area contributed by atoms with Gasteiger partial charge in [0.15, 0.2) is 0 Å². The van der Waals surface area contributed by atoms with E-state index < -0.39 is 24.4 Å². The van der Waals surface area contributed by atoms with Gasteiger partial charge in [-0.15, -0.1) is 0 Å². The van der Waals surface area contributed by atoms with Crippen molar-refractivity contribution in [2.24, 2.45) is 0 Å². The molecule has 1 aliphatic rings. The van der Waals surface area contributed by atoms with Gasteiger partial charge in [-0.3, -0.25) is 0 Å². The molecule has 0 radical (unpaired) electrons. The molecule has 1 N–H and O–H groups in total. The molecule has 226 valence electrons. The van der Waals surface area contributed by atoms with E-state index in [1.807, 2.05) is 84.9 Å². The normalized spacial score (nSPS) is 21.9. The van der Waals surface area contributed by atoms with Crippen LogP contribution < -0.4 is 0 Å². The molecule has 6 heteroatoms. The standard InChI is InChI=1S/C37H42O6/c38-23-13-22-33-35(40-25-30-16-7-2-8-17-30)37(42-27-32-20-11-4-12-21-32)36(41-26-31-18-9-3-10-19-31)34(43-33)28-39-24-29-14-5-1-6-15-29/h1-12,14-21,33-38H,13,22-28H2/t33-,34+,35-,36+,37+/m0/s1. The monoisotopic (exact) mass is 582 g/mol. The van der Waals surface area contributed by atoms with Crippen LogP contribution in [0.5, 0.6) is 0 Å². The first-order chi connectivity index (χ1) is 21.3. The highest BCUT2D eigenvalue weighted by Crippen LogP contribution is 2.32. The van der Waals surface area contributed by atoms with E-state index in [0.29, 0.717) is 45.9 Å². The second kappa shape index (κ2) is 17.1. The summed E-state index contributed by atoms with van der Waals surface area (Å²) in [6.45, 7) is 2.10. The zero-order valence-electron chi connectivity index (χ0n) is 24.6. The van der Waals surface area contributed by atoms with Gasteiger partial charge in [0.25, 0.3) is 0 Å². The summed E-state index contributed by atoms with van der Waals surface area (Å²) in [7, 11) is 0. The molecule has 6 nitrogen and oxygen atoms in total. The maximum atomic E-state index is 9.73. The summed E-state index contributed by atoms with van der Waals surface area (Å²) < 4.78 is 33.0. The van der Waals surface area contributed by atoms with Crippen LogP contribution in [0.1, 0.15) is 35.1 Å². The second-order valence-electron chi connectivity index (χ2n) is 10.9. The first-order valence-electron chi connectivity index (χ1n) is 15.1. The van der Waals surface area contributed by atoms with Crippen molar-refractivity contribution in [1.82, 2.24) is 0 Å². The fraction of sp³-hybridized carbons (Fsp3) is 0.351. The van der Waals surface area contributed by atoms with E-state index >= 15 is 0 Å². The van der Waals surface area contributed by atoms with Gasteiger partial charge in [-0.1, -0.05) is 121 Å². The van der Waals surface area contributed by atoms with Gasteiger partial charge in [0.2, 0.25) is 0 Å². The largest absolute Gasteiger partial charge is 0.396 e. The van der Waals surface area contributed by atoms with Gasteiger partial charge in [-0.05, 0) is 35.1 Å². The van der Waals surface area contributed by atoms with E-state index in [2.05, 4.69) is 36.4 Å². The third kappa shape index (κ3) is 9.57. The zero-order valence-corrected chi connectivity index (χ0v) is 24.6. The summed E-state index contributed by atoms with van der Waals surface area (Å²) in [6.07, 6.45) is -0.786. The second-order valence-corrected chi connectivity index (χ2v) is 10.9. The molecule has 0 saturated carbocycles. The van der Waals surface area contributed by atoms with Gasteiger partial charge in [0.05, 0.1) is 39.1 Å². The van der Waals surface area contributed by atoms with E-state index in [1.54, 1.807) is 0 Å². The van der Waals surface area contributed by atoms with Crippen molar-refractivity contribution in [3.05, 3.63) is 144 Å². The van der Waals surface area contributed by atoms with Crippen LogP contribution >= 0.6 is 0 Å². The summed E-state index contributed by atoms with van der Waals surface area (Å²) in [5.41, 5.74) is 4.30. The number of aliphatic hydroxyl groups is 1. The molecule has 0 aliphatic carbocycles. The van der Waals surface area contributed by atoms with E-state index in [4.69, 9.17) is 23.7 Å². The van der Waals surface area contributed by atoms with Crippen LogP contribution in [0.25, 0.3) is 0 Å². The van der Waals surface area contributed by atoms with Crippen molar-refractivity contribution < 1.29 is 28.8 Å². The highest BCUT2D eigenvalue weighted by Gasteiger charge is 2.48. The van der Waals surface area contributed by atoms with Crippen LogP contribution in [0.3, 0.4) is 0 Å². The number of hydrogen-bond acceptors (Lipinski definition) is 6. The maximum Gasteiger partial charge on any atom is 0.115 e. The number of aliphatic hydroxyl groups excluding tert-OH is 1. The van der Waals surface area contributed by atoms with Crippen molar-refractivity contribution in [2.45, 2.75) is 69.8 Å². The quantitative estimate of drug-likeness (QED) is 0.163. The van der Waals surface area contributed by atoms with Crippen LogP contribution in [0.15, 0.2) is 121 Å². The molecule has 0 bridgehead atoms. The number of benzene rings is 4. The van der Waals surface area contributed by atoms with Crippen LogP contribution in [-0.2, 0) is 50.1 Å². The molecule has 0 aromatic heterocycles. The zero-order chi connectivity index (χ0) is 29.5. The van der Waals surface area contributed by atoms with Crippen molar-refractivity contribution >= 4 is 0 Å². The number of hydrogen-bond donors (Lipinski definition) is 1. The Hall–Kier alpha value is -3.36. The van der Waals surface area contributed by atoms with Crippen LogP contribution in [0.2, 0.25) is 0 Å². The molecule has 5 atom stereocenters. The van der Waals surface area contributed by atoms with E-state index in [-0.39, 0.29) is 12.7 Å². The Kier molecular flexibility index (Phi) is 12.3. The van der Waals surface area contributed by atoms with Crippen molar-refractivity contribution in [3.8, 4) is 0 Å². The molecular weight excluding hydrogens is 540 g/mol. The Morgan fingerprint density at radius 3 is 1.33 bits per heavy atom. The molecule has 4 aromatic rings. The van der Waals surface area contributed by atoms with Gasteiger partial charge in [0.1, 0.15) is 24.4 Å². The molecule has 1 heterocycles. The first kappa shape index (κ1) is 31.1. The van der Waals surface area contributed by atoms with E-state index in [1.165, 1.54) is 0 Å². The average molecular weight is 583 g/mol. The molecule has 1 aliphatic heterocycles. The van der Waals surface area contributed by atoms with Crippen LogP contribution in [0, 0.1) is 0 Å². The lowest BCUT2D eigenvalue weighted by molar-refractivity contribution is -0.273. The van der Waals surface area contributed by atoms with Crippen molar-refractivity contribution in [3.63, 3.8) is 0 Å². The minimum absolute atomic E-state index is 0.0733. The van der Waals surface area contributed by atoms with E-state index in [0.717, 1.165) is 22.3 Å². The van der Waals surface area contributed by atoms with Gasteiger partial charge < -0.3 is 28.8 Å². The van der Waals surface area contributed by atoms with E-state index in [9.17, 15) is 5.11 Å². The van der Waals surface area contributed by atoms with Gasteiger partial charge in [-0.25, -0.2) is 0 Å². The molecule has 0 spiro atoms. The summed E-state index contributed by atoms with van der Waals surface area (Å²) in [4.78, 5) is 0. The molecular formula is C37H42O6. The number of ether oxygens (including phenoxy) is 5. The minimum atomic E-state index is -0.453. The number of rotatable bonds is 16. The lowest BCUT2D eigenvalue weighted by atomic mass is 9.91. The topological polar surface area (TPSA) is 66.4 Å². The SMILES string of the molecule is OCCC[C@@H]1O[C@H](COCc2ccccc2)[C@@H](OCc2ccccc2)[C@H](OCc2ccccc2)[C@H]1OCc1ccccc1. The lowest BCUT2D eigenvalue weighted by Crippen LogP contribution is -2.61. The van der Waals surface area contributed by atoms with Crippen molar-refractivity contribution in [1.29, 1.82) is 0 Å². The minimum Gasteiger partial charge on any atom is -0.396 e. The average Bonchev–Trinajstić information content (AvgIpc) is 3.07.